The number of aromatic nitrogens is 1. The van der Waals surface area contributed by atoms with Gasteiger partial charge in [0.15, 0.2) is 5.13 Å². The molecule has 2 aliphatic rings. The van der Waals surface area contributed by atoms with E-state index in [9.17, 15) is 13.2 Å². The highest BCUT2D eigenvalue weighted by Gasteiger charge is 2.31. The molecule has 0 bridgehead atoms. The molecule has 1 aromatic heterocycles. The topological polar surface area (TPSA) is 79.4 Å². The van der Waals surface area contributed by atoms with E-state index < -0.39 is 10.0 Å². The van der Waals surface area contributed by atoms with Crippen molar-refractivity contribution in [2.24, 2.45) is 0 Å². The number of anilines is 1. The van der Waals surface area contributed by atoms with Gasteiger partial charge < -0.3 is 0 Å². The lowest BCUT2D eigenvalue weighted by molar-refractivity contribution is 0.102. The Balaban J connectivity index is 1.23. The van der Waals surface area contributed by atoms with Crippen LogP contribution in [-0.2, 0) is 10.0 Å². The van der Waals surface area contributed by atoms with E-state index in [1.54, 1.807) is 16.4 Å². The largest absolute Gasteiger partial charge is 0.298 e. The molecule has 34 heavy (non-hydrogen) atoms. The third kappa shape index (κ3) is 3.36. The number of nitrogens with zero attached hydrogens (tertiary/aromatic N) is 2. The number of hydrogen-bond acceptors (Lipinski definition) is 5. The molecule has 6 rings (SSSR count). The lowest BCUT2D eigenvalue weighted by Gasteiger charge is -2.32. The van der Waals surface area contributed by atoms with E-state index in [-0.39, 0.29) is 16.8 Å². The summed E-state index contributed by atoms with van der Waals surface area (Å²) in [5.74, 6) is -0.311. The molecule has 1 atom stereocenters. The van der Waals surface area contributed by atoms with Crippen LogP contribution in [0.5, 0.6) is 0 Å². The van der Waals surface area contributed by atoms with Crippen LogP contribution >= 0.6 is 11.3 Å². The summed E-state index contributed by atoms with van der Waals surface area (Å²) in [4.78, 5) is 18.9. The van der Waals surface area contributed by atoms with Crippen LogP contribution in [0.2, 0.25) is 0 Å². The second-order valence-corrected chi connectivity index (χ2v) is 11.7. The number of benzene rings is 3. The van der Waals surface area contributed by atoms with Gasteiger partial charge in [0.25, 0.3) is 5.91 Å². The second-order valence-electron chi connectivity index (χ2n) is 8.85. The monoisotopic (exact) mass is 489 g/mol. The number of sulfonamides is 1. The van der Waals surface area contributed by atoms with Gasteiger partial charge in [-0.25, -0.2) is 13.4 Å². The predicted molar refractivity (Wildman–Crippen MR) is 136 cm³/mol. The van der Waals surface area contributed by atoms with Crippen molar-refractivity contribution in [1.82, 2.24) is 9.29 Å². The van der Waals surface area contributed by atoms with Crippen molar-refractivity contribution >= 4 is 43.2 Å². The fourth-order valence-electron chi connectivity index (χ4n) is 4.98. The van der Waals surface area contributed by atoms with Crippen LogP contribution in [0.15, 0.2) is 65.6 Å². The summed E-state index contributed by atoms with van der Waals surface area (Å²) in [6.45, 7) is 2.49. The van der Waals surface area contributed by atoms with Crippen molar-refractivity contribution in [3.63, 3.8) is 0 Å². The molecule has 0 radical (unpaired) electrons. The minimum atomic E-state index is -3.57. The summed E-state index contributed by atoms with van der Waals surface area (Å²) < 4.78 is 27.7. The minimum absolute atomic E-state index is 0.00967. The van der Waals surface area contributed by atoms with E-state index in [0.29, 0.717) is 17.2 Å². The first-order valence-corrected chi connectivity index (χ1v) is 13.7. The van der Waals surface area contributed by atoms with Crippen LogP contribution < -0.4 is 5.32 Å². The zero-order valence-electron chi connectivity index (χ0n) is 18.6. The highest BCUT2D eigenvalue weighted by Crippen LogP contribution is 2.50. The number of amides is 1. The molecular weight excluding hydrogens is 466 g/mol. The average Bonchev–Trinajstić information content (AvgIpc) is 3.38. The molecule has 172 valence electrons. The standard InChI is InChI=1S/C26H23N3O3S2/c1-16-6-2-3-15-29(16)34(31,32)19-13-11-18(12-14-19)25(30)28-26-27-23-20-9-4-7-17-8-5-10-21(22(17)20)24(23)33-26/h4-5,7-14,16H,2-3,6,15H2,1H3,(H,27,28,30). The molecule has 1 saturated heterocycles. The Labute approximate surface area is 202 Å². The third-order valence-corrected chi connectivity index (χ3v) is 9.75. The molecule has 1 aliphatic carbocycles. The van der Waals surface area contributed by atoms with Gasteiger partial charge in [0, 0.05) is 29.3 Å². The van der Waals surface area contributed by atoms with Gasteiger partial charge in [-0.1, -0.05) is 54.2 Å². The number of rotatable bonds is 4. The molecule has 1 fully saturated rings. The number of thiazole rings is 1. The zero-order valence-corrected chi connectivity index (χ0v) is 20.2. The van der Waals surface area contributed by atoms with Gasteiger partial charge in [-0.15, -0.1) is 0 Å². The van der Waals surface area contributed by atoms with Gasteiger partial charge in [-0.2, -0.15) is 4.31 Å². The molecular formula is C26H23N3O3S2. The molecule has 6 nitrogen and oxygen atoms in total. The molecule has 1 unspecified atom stereocenters. The quantitative estimate of drug-likeness (QED) is 0.348. The van der Waals surface area contributed by atoms with Gasteiger partial charge >= 0.3 is 0 Å². The van der Waals surface area contributed by atoms with E-state index in [1.165, 1.54) is 34.2 Å². The zero-order chi connectivity index (χ0) is 23.4. The molecule has 0 spiro atoms. The highest BCUT2D eigenvalue weighted by molar-refractivity contribution is 7.89. The molecule has 1 N–H and O–H groups in total. The summed E-state index contributed by atoms with van der Waals surface area (Å²) >= 11 is 1.46. The van der Waals surface area contributed by atoms with E-state index in [0.717, 1.165) is 41.0 Å². The van der Waals surface area contributed by atoms with Crippen LogP contribution in [-0.4, -0.2) is 36.2 Å². The Morgan fingerprint density at radius 1 is 1.03 bits per heavy atom. The summed E-state index contributed by atoms with van der Waals surface area (Å²) in [6, 6.07) is 18.5. The molecule has 4 aromatic rings. The Morgan fingerprint density at radius 2 is 1.76 bits per heavy atom. The SMILES string of the molecule is CC1CCCCN1S(=O)(=O)c1ccc(C(=O)Nc2nc3c(s2)-c2cccc4cccc-3c24)cc1. The molecule has 8 heteroatoms. The van der Waals surface area contributed by atoms with Crippen LogP contribution in [0.3, 0.4) is 0 Å². The maximum atomic E-state index is 13.0. The molecule has 1 aliphatic heterocycles. The number of carbonyl (C=O) groups is 1. The maximum Gasteiger partial charge on any atom is 0.257 e. The first-order valence-electron chi connectivity index (χ1n) is 11.4. The van der Waals surface area contributed by atoms with Crippen molar-refractivity contribution < 1.29 is 13.2 Å². The first-order chi connectivity index (χ1) is 16.4. The summed E-state index contributed by atoms with van der Waals surface area (Å²) in [7, 11) is -3.57. The number of fused-ring (bicyclic) bond motifs is 3. The van der Waals surface area contributed by atoms with E-state index >= 15 is 0 Å². The molecule has 0 saturated carbocycles. The van der Waals surface area contributed by atoms with Crippen molar-refractivity contribution in [3.05, 3.63) is 66.2 Å². The maximum absolute atomic E-state index is 13.0. The Bertz CT molecular complexity index is 1490. The molecule has 3 aromatic carbocycles. The molecule has 1 amide bonds. The fraction of sp³-hybridized carbons (Fsp3) is 0.231. The van der Waals surface area contributed by atoms with Crippen LogP contribution in [0.4, 0.5) is 5.13 Å². The summed E-state index contributed by atoms with van der Waals surface area (Å²) in [6.07, 6.45) is 2.80. The van der Waals surface area contributed by atoms with Gasteiger partial charge in [-0.3, -0.25) is 10.1 Å². The van der Waals surface area contributed by atoms with Crippen molar-refractivity contribution in [2.45, 2.75) is 37.1 Å². The van der Waals surface area contributed by atoms with Crippen LogP contribution in [0.25, 0.3) is 32.5 Å². The smallest absolute Gasteiger partial charge is 0.257 e. The van der Waals surface area contributed by atoms with Gasteiger partial charge in [0.05, 0.1) is 15.5 Å². The van der Waals surface area contributed by atoms with E-state index in [1.807, 2.05) is 19.1 Å². The Kier molecular flexibility index (Phi) is 5.05. The Hall–Kier alpha value is -3.07. The number of piperidine rings is 1. The van der Waals surface area contributed by atoms with Gasteiger partial charge in [-0.05, 0) is 54.8 Å². The Morgan fingerprint density at radius 3 is 2.50 bits per heavy atom. The summed E-state index contributed by atoms with van der Waals surface area (Å²) in [5, 5.41) is 5.80. The highest BCUT2D eigenvalue weighted by atomic mass is 32.2. The fourth-order valence-corrected chi connectivity index (χ4v) is 7.68. The summed E-state index contributed by atoms with van der Waals surface area (Å²) in [5.41, 5.74) is 3.51. The second kappa shape index (κ2) is 8.01. The van der Waals surface area contributed by atoms with Crippen molar-refractivity contribution in [1.29, 1.82) is 0 Å². The van der Waals surface area contributed by atoms with Crippen LogP contribution in [0, 0.1) is 0 Å². The van der Waals surface area contributed by atoms with E-state index in [4.69, 9.17) is 4.98 Å². The average molecular weight is 490 g/mol. The van der Waals surface area contributed by atoms with Gasteiger partial charge in [0.2, 0.25) is 10.0 Å². The van der Waals surface area contributed by atoms with E-state index in [2.05, 4.69) is 29.6 Å². The van der Waals surface area contributed by atoms with Gasteiger partial charge in [0.1, 0.15) is 0 Å². The predicted octanol–water partition coefficient (Wildman–Crippen LogP) is 5.76. The lowest BCUT2D eigenvalue weighted by atomic mass is 10.0. The third-order valence-electron chi connectivity index (χ3n) is 6.72. The van der Waals surface area contributed by atoms with Crippen LogP contribution in [0.1, 0.15) is 36.5 Å². The number of carbonyl (C=O) groups excluding carboxylic acids is 1. The van der Waals surface area contributed by atoms with Crippen molar-refractivity contribution in [2.75, 3.05) is 11.9 Å². The molecule has 2 heterocycles. The number of hydrogen-bond donors (Lipinski definition) is 1. The first kappa shape index (κ1) is 21.5. The minimum Gasteiger partial charge on any atom is -0.298 e. The normalized spacial score (nSPS) is 17.6. The number of nitrogens with one attached hydrogen (secondary N) is 1. The van der Waals surface area contributed by atoms with Crippen molar-refractivity contribution in [3.8, 4) is 21.7 Å². The lowest BCUT2D eigenvalue weighted by Crippen LogP contribution is -2.41.